The van der Waals surface area contributed by atoms with Gasteiger partial charge in [-0.05, 0) is 18.9 Å². The Balaban J connectivity index is -0.00000242. The molecule has 0 spiro atoms. The van der Waals surface area contributed by atoms with E-state index in [0.717, 1.165) is 25.5 Å². The van der Waals surface area contributed by atoms with Gasteiger partial charge in [-0.25, -0.2) is 8.42 Å². The van der Waals surface area contributed by atoms with E-state index < -0.39 is 10.4 Å². The smallest absolute Gasteiger partial charge is 0.716 e. The molecule has 0 bridgehead atoms. The predicted molar refractivity (Wildman–Crippen MR) is 98.5 cm³/mol. The van der Waals surface area contributed by atoms with Gasteiger partial charge in [0.25, 0.3) is 10.4 Å². The van der Waals surface area contributed by atoms with E-state index in [-0.39, 0.29) is 35.0 Å². The van der Waals surface area contributed by atoms with E-state index in [1.807, 2.05) is 0 Å². The summed E-state index contributed by atoms with van der Waals surface area (Å²) in [5.74, 6) is 0. The Morgan fingerprint density at radius 1 is 0.760 bits per heavy atom. The molecule has 0 aromatic carbocycles. The SMILES string of the molecule is CCCCCCCCCCCCCCCCC=COS(=O)(=O)[O-].O.[Na+]. The van der Waals surface area contributed by atoms with Crippen LogP contribution in [0.4, 0.5) is 0 Å². The van der Waals surface area contributed by atoms with E-state index in [4.69, 9.17) is 0 Å². The summed E-state index contributed by atoms with van der Waals surface area (Å²) in [4.78, 5) is 0. The van der Waals surface area contributed by atoms with Gasteiger partial charge in [-0.2, -0.15) is 0 Å². The third kappa shape index (κ3) is 29.4. The molecule has 5 nitrogen and oxygen atoms in total. The van der Waals surface area contributed by atoms with E-state index in [1.165, 1.54) is 77.0 Å². The average Bonchev–Trinajstić information content (AvgIpc) is 2.49. The summed E-state index contributed by atoms with van der Waals surface area (Å²) in [6, 6.07) is 0. The van der Waals surface area contributed by atoms with Crippen molar-refractivity contribution in [3.05, 3.63) is 12.3 Å². The van der Waals surface area contributed by atoms with Crippen LogP contribution in [0.2, 0.25) is 0 Å². The van der Waals surface area contributed by atoms with Crippen molar-refractivity contribution in [1.82, 2.24) is 0 Å². The molecule has 25 heavy (non-hydrogen) atoms. The van der Waals surface area contributed by atoms with Crippen molar-refractivity contribution in [3.63, 3.8) is 0 Å². The fraction of sp³-hybridized carbons (Fsp3) is 0.889. The van der Waals surface area contributed by atoms with Crippen LogP contribution >= 0.6 is 0 Å². The van der Waals surface area contributed by atoms with E-state index in [1.54, 1.807) is 6.08 Å². The Morgan fingerprint density at radius 2 is 1.12 bits per heavy atom. The Bertz CT molecular complexity index is 372. The number of hydrogen-bond acceptors (Lipinski definition) is 4. The van der Waals surface area contributed by atoms with Crippen LogP contribution in [0.3, 0.4) is 0 Å². The molecule has 0 aromatic rings. The summed E-state index contributed by atoms with van der Waals surface area (Å²) < 4.78 is 34.5. The van der Waals surface area contributed by atoms with Crippen LogP contribution in [0.1, 0.15) is 103 Å². The summed E-state index contributed by atoms with van der Waals surface area (Å²) in [5, 5.41) is 0. The zero-order valence-corrected chi connectivity index (χ0v) is 19.1. The third-order valence-corrected chi connectivity index (χ3v) is 4.34. The first kappa shape index (κ1) is 30.1. The quantitative estimate of drug-likeness (QED) is 0.125. The Morgan fingerprint density at radius 3 is 1.48 bits per heavy atom. The van der Waals surface area contributed by atoms with Gasteiger partial charge in [-0.1, -0.05) is 90.4 Å². The van der Waals surface area contributed by atoms with Gasteiger partial charge in [0.1, 0.15) is 6.26 Å². The third-order valence-electron chi connectivity index (χ3n) is 3.99. The second kappa shape index (κ2) is 22.5. The molecule has 0 fully saturated rings. The van der Waals surface area contributed by atoms with Gasteiger partial charge < -0.3 is 14.2 Å². The minimum atomic E-state index is -4.58. The van der Waals surface area contributed by atoms with Crippen molar-refractivity contribution in [2.24, 2.45) is 0 Å². The molecule has 146 valence electrons. The normalized spacial score (nSPS) is 11.1. The fourth-order valence-electron chi connectivity index (χ4n) is 2.63. The second-order valence-electron chi connectivity index (χ2n) is 6.26. The van der Waals surface area contributed by atoms with Crippen molar-refractivity contribution in [1.29, 1.82) is 0 Å². The first-order chi connectivity index (χ1) is 11.1. The van der Waals surface area contributed by atoms with Gasteiger partial charge in [0.15, 0.2) is 0 Å². The zero-order valence-electron chi connectivity index (χ0n) is 16.3. The summed E-state index contributed by atoms with van der Waals surface area (Å²) in [6.45, 7) is 2.26. The average molecular weight is 389 g/mol. The molecule has 0 aliphatic heterocycles. The topological polar surface area (TPSA) is 97.9 Å². The van der Waals surface area contributed by atoms with Crippen LogP contribution < -0.4 is 29.6 Å². The zero-order chi connectivity index (χ0) is 17.2. The van der Waals surface area contributed by atoms with Gasteiger partial charge in [0.05, 0.1) is 0 Å². The van der Waals surface area contributed by atoms with E-state index in [0.29, 0.717) is 0 Å². The molecule has 0 saturated carbocycles. The molecular formula is C18H37NaO5S. The predicted octanol–water partition coefficient (Wildman–Crippen LogP) is 2.03. The first-order valence-corrected chi connectivity index (χ1v) is 10.7. The Hall–Kier alpha value is 0.410. The summed E-state index contributed by atoms with van der Waals surface area (Å²) in [7, 11) is -4.58. The van der Waals surface area contributed by atoms with Crippen molar-refractivity contribution >= 4 is 10.4 Å². The Labute approximate surface area is 177 Å². The maximum absolute atomic E-state index is 10.2. The van der Waals surface area contributed by atoms with Crippen molar-refractivity contribution < 1.29 is 52.2 Å². The molecule has 2 N–H and O–H groups in total. The molecule has 0 atom stereocenters. The fourth-order valence-corrected chi connectivity index (χ4v) is 2.85. The van der Waals surface area contributed by atoms with E-state index in [9.17, 15) is 13.0 Å². The summed E-state index contributed by atoms with van der Waals surface area (Å²) in [5.41, 5.74) is 0. The number of unbranched alkanes of at least 4 members (excludes halogenated alkanes) is 14. The monoisotopic (exact) mass is 388 g/mol. The van der Waals surface area contributed by atoms with Crippen molar-refractivity contribution in [2.45, 2.75) is 103 Å². The molecule has 0 heterocycles. The van der Waals surface area contributed by atoms with Crippen molar-refractivity contribution in [2.75, 3.05) is 0 Å². The van der Waals surface area contributed by atoms with Crippen LogP contribution in [0.25, 0.3) is 0 Å². The summed E-state index contributed by atoms with van der Waals surface area (Å²) >= 11 is 0. The Kier molecular flexibility index (Phi) is 27.1. The molecule has 0 aliphatic rings. The number of allylic oxidation sites excluding steroid dienone is 1. The maximum atomic E-state index is 10.2. The van der Waals surface area contributed by atoms with Gasteiger partial charge in [-0.15, -0.1) is 0 Å². The number of rotatable bonds is 17. The number of hydrogen-bond donors (Lipinski definition) is 0. The summed E-state index contributed by atoms with van der Waals surface area (Å²) in [6.07, 6.45) is 21.8. The molecule has 0 rings (SSSR count). The minimum absolute atomic E-state index is 0. The minimum Gasteiger partial charge on any atom is -0.716 e. The van der Waals surface area contributed by atoms with Gasteiger partial charge in [-0.3, -0.25) is 0 Å². The van der Waals surface area contributed by atoms with Crippen LogP contribution in [-0.4, -0.2) is 18.4 Å². The molecule has 0 unspecified atom stereocenters. The molecule has 0 amide bonds. The van der Waals surface area contributed by atoms with E-state index in [2.05, 4.69) is 11.1 Å². The molecule has 7 heteroatoms. The van der Waals surface area contributed by atoms with Crippen LogP contribution in [-0.2, 0) is 14.6 Å². The van der Waals surface area contributed by atoms with Crippen LogP contribution in [0.5, 0.6) is 0 Å². The molecular weight excluding hydrogens is 351 g/mol. The van der Waals surface area contributed by atoms with Gasteiger partial charge in [0.2, 0.25) is 0 Å². The van der Waals surface area contributed by atoms with Crippen molar-refractivity contribution in [3.8, 4) is 0 Å². The molecule has 0 saturated heterocycles. The molecule has 0 aromatic heterocycles. The van der Waals surface area contributed by atoms with E-state index >= 15 is 0 Å². The van der Waals surface area contributed by atoms with Crippen LogP contribution in [0.15, 0.2) is 12.3 Å². The standard InChI is InChI=1S/C18H36O4S.Na.H2O/c1-2-3-4-5-6-7-8-9-10-11-12-13-14-15-16-17-18-22-23(19,20)21;;/h17-18H,2-16H2,1H3,(H,19,20,21);;1H2/q;+1;/p-1. The largest absolute Gasteiger partial charge is 1.00 e. The molecule has 0 aliphatic carbocycles. The molecule has 0 radical (unpaired) electrons. The first-order valence-electron chi connectivity index (χ1n) is 9.35. The second-order valence-corrected chi connectivity index (χ2v) is 7.27. The maximum Gasteiger partial charge on any atom is 1.00 e. The van der Waals surface area contributed by atoms with Gasteiger partial charge in [0, 0.05) is 0 Å². The van der Waals surface area contributed by atoms with Gasteiger partial charge >= 0.3 is 29.6 Å². The van der Waals surface area contributed by atoms with Crippen LogP contribution in [0, 0.1) is 0 Å².